The van der Waals surface area contributed by atoms with Crippen LogP contribution in [0.15, 0.2) is 18.3 Å². The lowest BCUT2D eigenvalue weighted by atomic mass is 9.96. The highest BCUT2D eigenvalue weighted by molar-refractivity contribution is 7.17. The van der Waals surface area contributed by atoms with Crippen LogP contribution in [-0.4, -0.2) is 51.8 Å². The van der Waals surface area contributed by atoms with Crippen molar-refractivity contribution in [1.29, 1.82) is 0 Å². The Morgan fingerprint density at radius 2 is 2.17 bits per heavy atom. The number of carbonyl (C=O) groups is 2. The van der Waals surface area contributed by atoms with E-state index >= 15 is 0 Å². The molecule has 9 heteroatoms. The first-order chi connectivity index (χ1) is 11.1. The number of rotatable bonds is 4. The van der Waals surface area contributed by atoms with Gasteiger partial charge in [0.05, 0.1) is 15.4 Å². The highest BCUT2D eigenvalue weighted by atomic mass is 35.5. The van der Waals surface area contributed by atoms with E-state index in [1.807, 2.05) is 0 Å². The molecule has 3 rings (SSSR count). The molecule has 1 fully saturated rings. The molecule has 1 aliphatic heterocycles. The number of nitrogens with zero attached hydrogens (tertiary/aromatic N) is 3. The van der Waals surface area contributed by atoms with Crippen molar-refractivity contribution < 1.29 is 9.59 Å². The van der Waals surface area contributed by atoms with Gasteiger partial charge >= 0.3 is 0 Å². The van der Waals surface area contributed by atoms with Crippen molar-refractivity contribution in [2.24, 2.45) is 5.92 Å². The van der Waals surface area contributed by atoms with Gasteiger partial charge in [-0.2, -0.15) is 15.4 Å². The molecule has 0 radical (unpaired) electrons. The second-order valence-corrected chi connectivity index (χ2v) is 7.12. The molecular weight excluding hydrogens is 338 g/mol. The summed E-state index contributed by atoms with van der Waals surface area (Å²) in [5.41, 5.74) is 0.339. The largest absolute Gasteiger partial charge is 0.351 e. The topological polar surface area (TPSA) is 91.0 Å². The van der Waals surface area contributed by atoms with E-state index in [1.54, 1.807) is 17.0 Å². The molecule has 122 valence electrons. The lowest BCUT2D eigenvalue weighted by Gasteiger charge is -2.31. The fourth-order valence-corrected chi connectivity index (χ4v) is 3.53. The number of likely N-dealkylation sites (tertiary alicyclic amines) is 1. The summed E-state index contributed by atoms with van der Waals surface area (Å²) in [6, 6.07) is 3.44. The van der Waals surface area contributed by atoms with Crippen LogP contribution in [0, 0.1) is 5.92 Å². The summed E-state index contributed by atoms with van der Waals surface area (Å²) in [6.07, 6.45) is 3.14. The molecule has 2 aromatic rings. The van der Waals surface area contributed by atoms with Gasteiger partial charge in [-0.3, -0.25) is 9.59 Å². The van der Waals surface area contributed by atoms with Crippen LogP contribution >= 0.6 is 22.9 Å². The predicted molar refractivity (Wildman–Crippen MR) is 86.7 cm³/mol. The summed E-state index contributed by atoms with van der Waals surface area (Å²) in [5, 5.41) is 12.8. The van der Waals surface area contributed by atoms with Gasteiger partial charge in [0, 0.05) is 19.6 Å². The zero-order valence-electron chi connectivity index (χ0n) is 12.3. The van der Waals surface area contributed by atoms with E-state index in [9.17, 15) is 9.59 Å². The molecule has 2 N–H and O–H groups in total. The quantitative estimate of drug-likeness (QED) is 0.876. The number of piperidine rings is 1. The summed E-state index contributed by atoms with van der Waals surface area (Å²) in [6.45, 7) is 1.94. The van der Waals surface area contributed by atoms with E-state index in [0.717, 1.165) is 12.8 Å². The van der Waals surface area contributed by atoms with Crippen molar-refractivity contribution in [3.63, 3.8) is 0 Å². The van der Waals surface area contributed by atoms with Gasteiger partial charge in [0.15, 0.2) is 5.69 Å². The molecular formula is C14H16ClN5O2S. The normalized spacial score (nSPS) is 15.6. The summed E-state index contributed by atoms with van der Waals surface area (Å²) in [7, 11) is 0. The summed E-state index contributed by atoms with van der Waals surface area (Å²) < 4.78 is 0.606. The second-order valence-electron chi connectivity index (χ2n) is 5.40. The minimum Gasteiger partial charge on any atom is -0.351 e. The van der Waals surface area contributed by atoms with Gasteiger partial charge in [0.2, 0.25) is 0 Å². The molecule has 0 saturated carbocycles. The van der Waals surface area contributed by atoms with Gasteiger partial charge in [0.1, 0.15) is 0 Å². The van der Waals surface area contributed by atoms with Crippen molar-refractivity contribution in [2.45, 2.75) is 12.8 Å². The Balaban J connectivity index is 1.44. The fraction of sp³-hybridized carbons (Fsp3) is 0.429. The van der Waals surface area contributed by atoms with Crippen LogP contribution in [0.5, 0.6) is 0 Å². The molecule has 0 atom stereocenters. The second kappa shape index (κ2) is 7.10. The number of halogens is 1. The van der Waals surface area contributed by atoms with Crippen LogP contribution in [-0.2, 0) is 0 Å². The Morgan fingerprint density at radius 1 is 1.39 bits per heavy atom. The van der Waals surface area contributed by atoms with Crippen LogP contribution in [0.3, 0.4) is 0 Å². The number of H-pyrrole nitrogens is 1. The van der Waals surface area contributed by atoms with Gasteiger partial charge in [-0.15, -0.1) is 11.3 Å². The molecule has 0 spiro atoms. The van der Waals surface area contributed by atoms with E-state index in [0.29, 0.717) is 40.5 Å². The fourth-order valence-electron chi connectivity index (χ4n) is 2.57. The minimum atomic E-state index is -0.102. The van der Waals surface area contributed by atoms with E-state index in [2.05, 4.69) is 20.7 Å². The first kappa shape index (κ1) is 15.9. The number of aromatic nitrogens is 3. The van der Waals surface area contributed by atoms with Crippen molar-refractivity contribution in [2.75, 3.05) is 19.6 Å². The molecule has 3 heterocycles. The van der Waals surface area contributed by atoms with Crippen LogP contribution in [0.4, 0.5) is 0 Å². The number of aromatic amines is 1. The van der Waals surface area contributed by atoms with Crippen molar-refractivity contribution >= 4 is 34.8 Å². The number of hydrogen-bond donors (Lipinski definition) is 2. The number of thiophene rings is 1. The molecule has 0 bridgehead atoms. The van der Waals surface area contributed by atoms with Gasteiger partial charge in [0.25, 0.3) is 11.8 Å². The van der Waals surface area contributed by atoms with E-state index < -0.39 is 0 Å². The Bertz CT molecular complexity index is 679. The van der Waals surface area contributed by atoms with Gasteiger partial charge in [-0.05, 0) is 30.9 Å². The zero-order valence-corrected chi connectivity index (χ0v) is 13.9. The molecule has 2 aromatic heterocycles. The maximum atomic E-state index is 12.1. The van der Waals surface area contributed by atoms with Crippen molar-refractivity contribution in [1.82, 2.24) is 25.6 Å². The number of hydrogen-bond acceptors (Lipinski definition) is 5. The lowest BCUT2D eigenvalue weighted by molar-refractivity contribution is 0.0678. The average molecular weight is 354 g/mol. The number of nitrogens with one attached hydrogen (secondary N) is 2. The molecule has 1 saturated heterocycles. The first-order valence-corrected chi connectivity index (χ1v) is 8.51. The van der Waals surface area contributed by atoms with Crippen molar-refractivity contribution in [3.05, 3.63) is 33.2 Å². The molecule has 2 amide bonds. The maximum absolute atomic E-state index is 12.1. The van der Waals surface area contributed by atoms with Crippen molar-refractivity contribution in [3.8, 4) is 0 Å². The number of carbonyl (C=O) groups excluding carboxylic acids is 2. The van der Waals surface area contributed by atoms with Gasteiger partial charge in [-0.25, -0.2) is 0 Å². The Kier molecular flexibility index (Phi) is 4.92. The summed E-state index contributed by atoms with van der Waals surface area (Å²) >= 11 is 7.10. The lowest BCUT2D eigenvalue weighted by Crippen LogP contribution is -2.41. The van der Waals surface area contributed by atoms with Gasteiger partial charge < -0.3 is 10.2 Å². The molecule has 7 nitrogen and oxygen atoms in total. The highest BCUT2D eigenvalue weighted by Crippen LogP contribution is 2.22. The molecule has 0 aromatic carbocycles. The third-order valence-electron chi connectivity index (χ3n) is 3.88. The zero-order chi connectivity index (χ0) is 16.2. The monoisotopic (exact) mass is 353 g/mol. The molecule has 0 unspecified atom stereocenters. The van der Waals surface area contributed by atoms with E-state index in [1.165, 1.54) is 17.5 Å². The van der Waals surface area contributed by atoms with E-state index in [-0.39, 0.29) is 11.8 Å². The van der Waals surface area contributed by atoms with Crippen LogP contribution in [0.25, 0.3) is 0 Å². The van der Waals surface area contributed by atoms with E-state index in [4.69, 9.17) is 11.6 Å². The maximum Gasteiger partial charge on any atom is 0.276 e. The minimum absolute atomic E-state index is 0.0944. The first-order valence-electron chi connectivity index (χ1n) is 7.32. The SMILES string of the molecule is O=C(NCC1CCN(C(=O)c2cn[nH]n2)CC1)c1ccc(Cl)s1. The Morgan fingerprint density at radius 3 is 2.78 bits per heavy atom. The molecule has 1 aliphatic rings. The van der Waals surface area contributed by atoms with Crippen LogP contribution in [0.1, 0.15) is 33.0 Å². The Hall–Kier alpha value is -1.93. The smallest absolute Gasteiger partial charge is 0.276 e. The van der Waals surface area contributed by atoms with Crippen LogP contribution in [0.2, 0.25) is 4.34 Å². The Labute approximate surface area is 142 Å². The summed E-state index contributed by atoms with van der Waals surface area (Å²) in [4.78, 5) is 26.5. The third-order valence-corrected chi connectivity index (χ3v) is 5.11. The standard InChI is InChI=1S/C14H16ClN5O2S/c15-12-2-1-11(23-12)13(21)16-7-9-3-5-20(6-4-9)14(22)10-8-17-19-18-10/h1-2,8-9H,3-7H2,(H,16,21)(H,17,18,19). The van der Waals surface area contributed by atoms with Gasteiger partial charge in [-0.1, -0.05) is 11.6 Å². The molecule has 0 aliphatic carbocycles. The molecule has 23 heavy (non-hydrogen) atoms. The third kappa shape index (κ3) is 3.89. The average Bonchev–Trinajstić information content (AvgIpc) is 3.24. The van der Waals surface area contributed by atoms with Crippen LogP contribution < -0.4 is 5.32 Å². The predicted octanol–water partition coefficient (Wildman–Crippen LogP) is 1.80. The highest BCUT2D eigenvalue weighted by Gasteiger charge is 2.25. The summed E-state index contributed by atoms with van der Waals surface area (Å²) in [5.74, 6) is 0.174. The number of amides is 2.